The van der Waals surface area contributed by atoms with E-state index in [1.165, 1.54) is 0 Å². The molecule has 0 radical (unpaired) electrons. The van der Waals surface area contributed by atoms with Crippen molar-refractivity contribution >= 4 is 0 Å². The van der Waals surface area contributed by atoms with Crippen molar-refractivity contribution in [2.45, 2.75) is 26.4 Å². The predicted molar refractivity (Wildman–Crippen MR) is 25.5 cm³/mol. The maximum Gasteiger partial charge on any atom is 6.00 e. The van der Waals surface area contributed by atoms with Gasteiger partial charge in [0.25, 0.3) is 0 Å². The van der Waals surface area contributed by atoms with Gasteiger partial charge < -0.3 is 16.4 Å². The summed E-state index contributed by atoms with van der Waals surface area (Å²) in [6.45, 7) is 5.31. The van der Waals surface area contributed by atoms with Crippen LogP contribution in [0.25, 0.3) is 0 Å². The summed E-state index contributed by atoms with van der Waals surface area (Å²) in [5, 5.41) is 7.90. The zero-order valence-corrected chi connectivity index (χ0v) is 7.26. The Bertz CT molecular complexity index is 43.4. The van der Waals surface area contributed by atoms with Gasteiger partial charge in [-0.05, 0) is 20.8 Å². The van der Waals surface area contributed by atoms with Gasteiger partial charge in [0.05, 0.1) is 5.60 Å². The number of hydrogen-bond acceptors (Lipinski definition) is 2. The van der Waals surface area contributed by atoms with Crippen LogP contribution >= 0.6 is 0 Å². The Kier molecular flexibility index (Phi) is 38.1. The van der Waals surface area contributed by atoms with Gasteiger partial charge in [-0.25, -0.2) is 4.89 Å². The van der Waals surface area contributed by atoms with Gasteiger partial charge in [0.1, 0.15) is 0 Å². The molecule has 62 valence electrons. The Hall–Kier alpha value is 0.332. The first-order chi connectivity index (χ1) is 2.56. The molecule has 6 heteroatoms. The summed E-state index contributed by atoms with van der Waals surface area (Å²) in [6, 6.07) is 0. The zero-order chi connectivity index (χ0) is 5.21. The molecule has 0 aromatic carbocycles. The zero-order valence-electron chi connectivity index (χ0n) is 5.99. The van der Waals surface area contributed by atoms with Crippen molar-refractivity contribution in [1.82, 2.24) is 0 Å². The van der Waals surface area contributed by atoms with E-state index in [-0.39, 0.29) is 33.8 Å². The molecule has 0 aliphatic heterocycles. The molecule has 0 heterocycles. The Balaban J connectivity index is -0.0000000208. The molecule has 0 rings (SSSR count). The average Bonchev–Trinajstić information content (AvgIpc) is 1.35. The molecule has 5 nitrogen and oxygen atoms in total. The summed E-state index contributed by atoms with van der Waals surface area (Å²) < 4.78 is 0. The largest absolute Gasteiger partial charge is 6.00 e. The van der Waals surface area contributed by atoms with Gasteiger partial charge in [-0.15, -0.1) is 0 Å². The molecular weight excluding hydrogens is 180 g/mol. The first-order valence-electron chi connectivity index (χ1n) is 1.89. The smallest absolute Gasteiger partial charge is 2.00 e. The molecule has 0 saturated carbocycles. The van der Waals surface area contributed by atoms with Crippen molar-refractivity contribution in [3.8, 4) is 0 Å². The fourth-order valence-electron chi connectivity index (χ4n) is 0. The Labute approximate surface area is 71.0 Å². The van der Waals surface area contributed by atoms with Crippen LogP contribution in [-0.2, 0) is 38.7 Å². The molecule has 0 atom stereocenters. The van der Waals surface area contributed by atoms with Crippen LogP contribution < -0.4 is 0 Å². The van der Waals surface area contributed by atoms with Crippen LogP contribution in [0.1, 0.15) is 20.8 Å². The molecule has 0 aliphatic rings. The SMILES string of the molecule is CC(C)(C)OO.[Cr+6].[O-2].[O-2].[O-2]. The third-order valence-corrected chi connectivity index (χ3v) is 0.274. The molecule has 0 fully saturated rings. The molecule has 0 saturated heterocycles. The third-order valence-electron chi connectivity index (χ3n) is 0.274. The van der Waals surface area contributed by atoms with E-state index in [4.69, 9.17) is 5.26 Å². The average molecular weight is 190 g/mol. The van der Waals surface area contributed by atoms with Crippen molar-refractivity contribution in [2.24, 2.45) is 0 Å². The van der Waals surface area contributed by atoms with Gasteiger partial charge in [0.2, 0.25) is 0 Å². The van der Waals surface area contributed by atoms with E-state index in [0.29, 0.717) is 0 Å². The van der Waals surface area contributed by atoms with E-state index in [1.54, 1.807) is 20.8 Å². The number of hydrogen-bond donors (Lipinski definition) is 1. The van der Waals surface area contributed by atoms with Gasteiger partial charge >= 0.3 is 17.4 Å². The van der Waals surface area contributed by atoms with E-state index < -0.39 is 5.60 Å². The quantitative estimate of drug-likeness (QED) is 0.451. The van der Waals surface area contributed by atoms with Crippen molar-refractivity contribution in [3.05, 3.63) is 0 Å². The third kappa shape index (κ3) is 40.3. The van der Waals surface area contributed by atoms with Crippen LogP contribution in [0, 0.1) is 0 Å². The van der Waals surface area contributed by atoms with Crippen molar-refractivity contribution in [1.29, 1.82) is 0 Å². The Morgan fingerprint density at radius 3 is 1.10 bits per heavy atom. The van der Waals surface area contributed by atoms with Crippen LogP contribution in [0.4, 0.5) is 0 Å². The minimum atomic E-state index is -0.403. The van der Waals surface area contributed by atoms with E-state index in [1.807, 2.05) is 0 Å². The van der Waals surface area contributed by atoms with Crippen LogP contribution in [-0.4, -0.2) is 10.9 Å². The summed E-state index contributed by atoms with van der Waals surface area (Å²) in [4.78, 5) is 3.94. The standard InChI is InChI=1S/C4H10O2.Cr.3O/c1-4(2,3)6-5;;;;/h5H,1-3H3;;;;/q;+6;3*-2. The van der Waals surface area contributed by atoms with Gasteiger partial charge in [-0.1, -0.05) is 0 Å². The Morgan fingerprint density at radius 2 is 1.10 bits per heavy atom. The topological polar surface area (TPSA) is 115 Å². The molecule has 1 N–H and O–H groups in total. The second kappa shape index (κ2) is 12.1. The molecular formula is C4H10CrO5. The van der Waals surface area contributed by atoms with Crippen molar-refractivity contribution < 1.29 is 43.9 Å². The molecule has 0 aromatic rings. The summed E-state index contributed by atoms with van der Waals surface area (Å²) in [5.41, 5.74) is -0.403. The minimum Gasteiger partial charge on any atom is -2.00 e. The summed E-state index contributed by atoms with van der Waals surface area (Å²) in [5.74, 6) is 0. The van der Waals surface area contributed by atoms with Crippen LogP contribution in [0.5, 0.6) is 0 Å². The maximum atomic E-state index is 7.90. The van der Waals surface area contributed by atoms with Gasteiger partial charge in [0, 0.05) is 0 Å². The van der Waals surface area contributed by atoms with Crippen molar-refractivity contribution in [3.63, 3.8) is 0 Å². The van der Waals surface area contributed by atoms with E-state index in [9.17, 15) is 0 Å². The van der Waals surface area contributed by atoms with Crippen LogP contribution in [0.3, 0.4) is 0 Å². The summed E-state index contributed by atoms with van der Waals surface area (Å²) >= 11 is 0. The molecule has 10 heavy (non-hydrogen) atoms. The normalized spacial score (nSPS) is 7.20. The molecule has 0 aromatic heterocycles. The molecule has 0 aliphatic carbocycles. The number of rotatable bonds is 0. The fraction of sp³-hybridized carbons (Fsp3) is 1.00. The first kappa shape index (κ1) is 31.6. The Morgan fingerprint density at radius 1 is 1.00 bits per heavy atom. The second-order valence-electron chi connectivity index (χ2n) is 2.20. The van der Waals surface area contributed by atoms with Crippen LogP contribution in [0.15, 0.2) is 0 Å². The molecule has 0 spiro atoms. The fourth-order valence-corrected chi connectivity index (χ4v) is 0. The first-order valence-corrected chi connectivity index (χ1v) is 1.89. The minimum absolute atomic E-state index is 0. The molecule has 0 unspecified atom stereocenters. The van der Waals surface area contributed by atoms with Gasteiger partial charge in [-0.3, -0.25) is 5.26 Å². The summed E-state index contributed by atoms with van der Waals surface area (Å²) in [6.07, 6.45) is 0. The monoisotopic (exact) mass is 190 g/mol. The predicted octanol–water partition coefficient (Wildman–Crippen LogP) is 0.916. The molecule has 0 amide bonds. The van der Waals surface area contributed by atoms with Crippen LogP contribution in [0.2, 0.25) is 0 Å². The summed E-state index contributed by atoms with van der Waals surface area (Å²) in [7, 11) is 0. The van der Waals surface area contributed by atoms with Gasteiger partial charge in [-0.2, -0.15) is 0 Å². The van der Waals surface area contributed by atoms with E-state index in [2.05, 4.69) is 4.89 Å². The van der Waals surface area contributed by atoms with Gasteiger partial charge in [0.15, 0.2) is 0 Å². The van der Waals surface area contributed by atoms with E-state index in [0.717, 1.165) is 0 Å². The van der Waals surface area contributed by atoms with Crippen molar-refractivity contribution in [2.75, 3.05) is 0 Å². The molecule has 0 bridgehead atoms. The van der Waals surface area contributed by atoms with E-state index >= 15 is 0 Å². The maximum absolute atomic E-state index is 7.90. The second-order valence-corrected chi connectivity index (χ2v) is 2.20.